The van der Waals surface area contributed by atoms with Crippen LogP contribution in [0.1, 0.15) is 56.7 Å². The van der Waals surface area contributed by atoms with Crippen molar-refractivity contribution in [2.75, 3.05) is 0 Å². The minimum atomic E-state index is -0.116. The number of aromatic nitrogens is 1. The molecule has 124 valence electrons. The first-order valence-electron chi connectivity index (χ1n) is 8.11. The van der Waals surface area contributed by atoms with Gasteiger partial charge < -0.3 is 10.6 Å². The summed E-state index contributed by atoms with van der Waals surface area (Å²) in [5, 5.41) is 7.02. The number of hydrogen-bond donors (Lipinski definition) is 2. The number of thiazole rings is 1. The second kappa shape index (κ2) is 7.01. The van der Waals surface area contributed by atoms with Gasteiger partial charge in [0, 0.05) is 14.6 Å². The largest absolute Gasteiger partial charge is 0.333 e. The van der Waals surface area contributed by atoms with Crippen LogP contribution in [0.5, 0.6) is 0 Å². The van der Waals surface area contributed by atoms with E-state index in [4.69, 9.17) is 0 Å². The van der Waals surface area contributed by atoms with Gasteiger partial charge in [-0.1, -0.05) is 0 Å². The molecule has 0 aliphatic heterocycles. The molecule has 0 bridgehead atoms. The molecule has 0 saturated carbocycles. The highest BCUT2D eigenvalue weighted by Gasteiger charge is 2.16. The molecule has 6 heteroatoms. The molecule has 2 aromatic heterocycles. The summed E-state index contributed by atoms with van der Waals surface area (Å²) in [5.74, 6) is 0. The van der Waals surface area contributed by atoms with Crippen LogP contribution in [0.4, 0.5) is 4.79 Å². The predicted molar refractivity (Wildman–Crippen MR) is 96.3 cm³/mol. The van der Waals surface area contributed by atoms with E-state index in [9.17, 15) is 4.79 Å². The third-order valence-corrected chi connectivity index (χ3v) is 6.64. The number of hydrogen-bond acceptors (Lipinski definition) is 4. The Morgan fingerprint density at radius 3 is 2.78 bits per heavy atom. The minimum absolute atomic E-state index is 0.0160. The molecule has 0 spiro atoms. The van der Waals surface area contributed by atoms with E-state index >= 15 is 0 Å². The first-order valence-corrected chi connectivity index (χ1v) is 9.75. The van der Waals surface area contributed by atoms with Crippen LogP contribution < -0.4 is 10.6 Å². The molecule has 0 aromatic carbocycles. The number of carbonyl (C=O) groups is 1. The molecule has 4 nitrogen and oxygen atoms in total. The van der Waals surface area contributed by atoms with Gasteiger partial charge in [-0.3, -0.25) is 0 Å². The van der Waals surface area contributed by atoms with Gasteiger partial charge in [0.2, 0.25) is 0 Å². The van der Waals surface area contributed by atoms with Crippen molar-refractivity contribution >= 4 is 28.7 Å². The number of amides is 2. The van der Waals surface area contributed by atoms with E-state index in [0.29, 0.717) is 6.54 Å². The average Bonchev–Trinajstić information content (AvgIpc) is 3.07. The Morgan fingerprint density at radius 2 is 2.09 bits per heavy atom. The summed E-state index contributed by atoms with van der Waals surface area (Å²) >= 11 is 3.49. The number of nitrogens with zero attached hydrogens (tertiary/aromatic N) is 1. The smallest absolute Gasteiger partial charge is 0.315 e. The number of rotatable bonds is 4. The predicted octanol–water partition coefficient (Wildman–Crippen LogP) is 4.26. The number of thiophene rings is 1. The van der Waals surface area contributed by atoms with Crippen LogP contribution >= 0.6 is 22.7 Å². The van der Waals surface area contributed by atoms with Gasteiger partial charge in [-0.05, 0) is 58.1 Å². The zero-order chi connectivity index (χ0) is 16.4. The lowest BCUT2D eigenvalue weighted by Crippen LogP contribution is -2.36. The molecule has 2 amide bonds. The van der Waals surface area contributed by atoms with Crippen LogP contribution in [0.25, 0.3) is 0 Å². The van der Waals surface area contributed by atoms with Crippen molar-refractivity contribution in [3.63, 3.8) is 0 Å². The highest BCUT2D eigenvalue weighted by molar-refractivity contribution is 7.12. The molecule has 2 N–H and O–H groups in total. The Bertz CT molecular complexity index is 681. The summed E-state index contributed by atoms with van der Waals surface area (Å²) in [6, 6.07) is 2.13. The third-order valence-electron chi connectivity index (χ3n) is 4.15. The number of nitrogens with one attached hydrogen (secondary N) is 2. The fourth-order valence-corrected chi connectivity index (χ4v) is 5.20. The van der Waals surface area contributed by atoms with Gasteiger partial charge in [-0.15, -0.1) is 22.7 Å². The lowest BCUT2D eigenvalue weighted by Gasteiger charge is -2.13. The molecular formula is C17H23N3OS2. The SMILES string of the molecule is Cc1nc(C)c(C(C)NC(=O)NCc2cc3c(s2)CCCC3)s1. The van der Waals surface area contributed by atoms with Gasteiger partial charge in [0.05, 0.1) is 23.3 Å². The standard InChI is InChI=1S/C17H23N3OS2/c1-10-16(22-12(3)19-10)11(2)20-17(21)18-9-14-8-13-6-4-5-7-15(13)23-14/h8,11H,4-7,9H2,1-3H3,(H2,18,20,21). The van der Waals surface area contributed by atoms with Crippen molar-refractivity contribution in [2.45, 2.75) is 59.0 Å². The fraction of sp³-hybridized carbons (Fsp3) is 0.529. The van der Waals surface area contributed by atoms with Crippen LogP contribution in [0, 0.1) is 13.8 Å². The second-order valence-electron chi connectivity index (χ2n) is 6.10. The molecule has 1 unspecified atom stereocenters. The highest BCUT2D eigenvalue weighted by Crippen LogP contribution is 2.29. The number of aryl methyl sites for hydroxylation is 4. The van der Waals surface area contributed by atoms with Gasteiger partial charge in [-0.2, -0.15) is 0 Å². The molecule has 0 fully saturated rings. The van der Waals surface area contributed by atoms with E-state index in [2.05, 4.69) is 21.7 Å². The normalized spacial score (nSPS) is 15.1. The Morgan fingerprint density at radius 1 is 1.30 bits per heavy atom. The molecule has 1 aliphatic rings. The molecule has 0 saturated heterocycles. The first kappa shape index (κ1) is 16.5. The van der Waals surface area contributed by atoms with Crippen molar-refractivity contribution in [2.24, 2.45) is 0 Å². The lowest BCUT2D eigenvalue weighted by atomic mass is 9.99. The maximum absolute atomic E-state index is 12.1. The minimum Gasteiger partial charge on any atom is -0.333 e. The molecule has 0 radical (unpaired) electrons. The van der Waals surface area contributed by atoms with E-state index in [1.165, 1.54) is 41.0 Å². The Kier molecular flexibility index (Phi) is 5.02. The van der Waals surface area contributed by atoms with E-state index < -0.39 is 0 Å². The maximum Gasteiger partial charge on any atom is 0.315 e. The summed E-state index contributed by atoms with van der Waals surface area (Å²) in [6.07, 6.45) is 4.99. The Hall–Kier alpha value is -1.40. The van der Waals surface area contributed by atoms with Crippen LogP contribution in [-0.2, 0) is 19.4 Å². The van der Waals surface area contributed by atoms with E-state index in [1.807, 2.05) is 32.1 Å². The molecule has 1 atom stereocenters. The maximum atomic E-state index is 12.1. The Labute approximate surface area is 145 Å². The number of fused-ring (bicyclic) bond motifs is 1. The van der Waals surface area contributed by atoms with E-state index in [0.717, 1.165) is 15.6 Å². The molecule has 2 heterocycles. The second-order valence-corrected chi connectivity index (χ2v) is 8.56. The van der Waals surface area contributed by atoms with Gasteiger partial charge in [-0.25, -0.2) is 9.78 Å². The average molecular weight is 350 g/mol. The van der Waals surface area contributed by atoms with E-state index in [-0.39, 0.29) is 12.1 Å². The Balaban J connectivity index is 1.53. The summed E-state index contributed by atoms with van der Waals surface area (Å²) in [4.78, 5) is 20.4. The monoisotopic (exact) mass is 349 g/mol. The van der Waals surface area contributed by atoms with Crippen molar-refractivity contribution in [3.8, 4) is 0 Å². The summed E-state index contributed by atoms with van der Waals surface area (Å²) < 4.78 is 0. The van der Waals surface area contributed by atoms with Gasteiger partial charge in [0.1, 0.15) is 0 Å². The van der Waals surface area contributed by atoms with Crippen molar-refractivity contribution in [1.29, 1.82) is 0 Å². The van der Waals surface area contributed by atoms with Crippen molar-refractivity contribution < 1.29 is 4.79 Å². The number of urea groups is 1. The number of carbonyl (C=O) groups excluding carboxylic acids is 1. The van der Waals surface area contributed by atoms with Crippen LogP contribution in [-0.4, -0.2) is 11.0 Å². The third kappa shape index (κ3) is 3.93. The van der Waals surface area contributed by atoms with Crippen LogP contribution in [0.2, 0.25) is 0 Å². The van der Waals surface area contributed by atoms with Gasteiger partial charge in [0.15, 0.2) is 0 Å². The van der Waals surface area contributed by atoms with Crippen molar-refractivity contribution in [1.82, 2.24) is 15.6 Å². The first-order chi connectivity index (χ1) is 11.0. The quantitative estimate of drug-likeness (QED) is 0.866. The molecular weight excluding hydrogens is 326 g/mol. The van der Waals surface area contributed by atoms with Gasteiger partial charge >= 0.3 is 6.03 Å². The fourth-order valence-electron chi connectivity index (χ4n) is 3.07. The molecule has 23 heavy (non-hydrogen) atoms. The van der Waals surface area contributed by atoms with Gasteiger partial charge in [0.25, 0.3) is 0 Å². The zero-order valence-corrected chi connectivity index (χ0v) is 15.5. The van der Waals surface area contributed by atoms with Crippen molar-refractivity contribution in [3.05, 3.63) is 37.0 Å². The lowest BCUT2D eigenvalue weighted by molar-refractivity contribution is 0.237. The molecule has 3 rings (SSSR count). The molecule has 1 aliphatic carbocycles. The zero-order valence-electron chi connectivity index (χ0n) is 13.9. The van der Waals surface area contributed by atoms with E-state index in [1.54, 1.807) is 11.3 Å². The topological polar surface area (TPSA) is 54.0 Å². The molecule has 2 aromatic rings. The summed E-state index contributed by atoms with van der Waals surface area (Å²) in [6.45, 7) is 6.60. The highest BCUT2D eigenvalue weighted by atomic mass is 32.1. The van der Waals surface area contributed by atoms with Crippen LogP contribution in [0.3, 0.4) is 0 Å². The summed E-state index contributed by atoms with van der Waals surface area (Å²) in [5.41, 5.74) is 2.49. The summed E-state index contributed by atoms with van der Waals surface area (Å²) in [7, 11) is 0. The van der Waals surface area contributed by atoms with Crippen LogP contribution in [0.15, 0.2) is 6.07 Å².